The van der Waals surface area contributed by atoms with E-state index in [4.69, 9.17) is 10.5 Å². The predicted molar refractivity (Wildman–Crippen MR) is 90.8 cm³/mol. The number of nitrogens with two attached hydrogens (primary N) is 1. The molecule has 2 bridgehead atoms. The molecule has 1 heterocycles. The van der Waals surface area contributed by atoms with Crippen LogP contribution in [0, 0.1) is 56.7 Å². The van der Waals surface area contributed by atoms with Crippen molar-refractivity contribution < 1.29 is 9.53 Å². The van der Waals surface area contributed by atoms with Gasteiger partial charge in [-0.1, -0.05) is 26.0 Å². The first-order valence-electron chi connectivity index (χ1n) is 8.28. The number of fused-ring (bicyclic) bond motifs is 2. The molecule has 1 aromatic carbocycles. The molecule has 1 saturated carbocycles. The third-order valence-electron chi connectivity index (χ3n) is 6.40. The molecule has 1 aliphatic heterocycles. The summed E-state index contributed by atoms with van der Waals surface area (Å²) in [7, 11) is 1.54. The van der Waals surface area contributed by atoms with Crippen LogP contribution in [0.25, 0.3) is 0 Å². The Hall–Kier alpha value is -3.08. The first kappa shape index (κ1) is 17.7. The number of amides is 1. The number of ether oxygens (including phenoxy) is 1. The van der Waals surface area contributed by atoms with E-state index < -0.39 is 40.2 Å². The SMILES string of the molecule is COc1ccc(C2C(C)C3(N)NC(=O)C(C#N)(C3C)C2(C#N)C#N)cc1. The Morgan fingerprint density at radius 2 is 1.69 bits per heavy atom. The summed E-state index contributed by atoms with van der Waals surface area (Å²) in [6, 6.07) is 13.0. The van der Waals surface area contributed by atoms with Crippen LogP contribution in [-0.2, 0) is 4.79 Å². The van der Waals surface area contributed by atoms with Gasteiger partial charge in [-0.05, 0) is 17.7 Å². The summed E-state index contributed by atoms with van der Waals surface area (Å²) in [6.45, 7) is 3.47. The third kappa shape index (κ3) is 1.70. The van der Waals surface area contributed by atoms with Crippen molar-refractivity contribution in [2.75, 3.05) is 7.11 Å². The van der Waals surface area contributed by atoms with E-state index in [9.17, 15) is 20.6 Å². The number of carbonyl (C=O) groups is 1. The largest absolute Gasteiger partial charge is 0.497 e. The summed E-state index contributed by atoms with van der Waals surface area (Å²) in [6.07, 6.45) is 0. The summed E-state index contributed by atoms with van der Waals surface area (Å²) >= 11 is 0. The molecule has 0 aromatic heterocycles. The van der Waals surface area contributed by atoms with Gasteiger partial charge >= 0.3 is 0 Å². The Kier molecular flexibility index (Phi) is 3.72. The minimum absolute atomic E-state index is 0.446. The molecule has 0 spiro atoms. The zero-order chi connectivity index (χ0) is 19.3. The van der Waals surface area contributed by atoms with Crippen LogP contribution in [0.15, 0.2) is 24.3 Å². The van der Waals surface area contributed by atoms with Crippen LogP contribution in [-0.4, -0.2) is 18.7 Å². The predicted octanol–water partition coefficient (Wildman–Crippen LogP) is 1.39. The fraction of sp³-hybridized carbons (Fsp3) is 0.474. The molecule has 1 aliphatic carbocycles. The van der Waals surface area contributed by atoms with E-state index in [1.807, 2.05) is 25.1 Å². The highest BCUT2D eigenvalue weighted by atomic mass is 16.5. The van der Waals surface area contributed by atoms with Crippen LogP contribution < -0.4 is 15.8 Å². The molecule has 1 saturated heterocycles. The molecule has 2 fully saturated rings. The van der Waals surface area contributed by atoms with Crippen molar-refractivity contribution in [1.29, 1.82) is 15.8 Å². The first-order valence-corrected chi connectivity index (χ1v) is 8.28. The van der Waals surface area contributed by atoms with Gasteiger partial charge in [-0.25, -0.2) is 0 Å². The minimum Gasteiger partial charge on any atom is -0.497 e. The van der Waals surface area contributed by atoms with Crippen molar-refractivity contribution in [2.24, 2.45) is 28.4 Å². The van der Waals surface area contributed by atoms with Crippen molar-refractivity contribution in [1.82, 2.24) is 5.32 Å². The number of nitrogens with zero attached hydrogens (tertiary/aromatic N) is 3. The summed E-state index contributed by atoms with van der Waals surface area (Å²) in [4.78, 5) is 12.8. The van der Waals surface area contributed by atoms with Gasteiger partial charge in [0.15, 0.2) is 10.8 Å². The number of nitriles is 3. The monoisotopic (exact) mass is 349 g/mol. The Morgan fingerprint density at radius 1 is 1.12 bits per heavy atom. The maximum absolute atomic E-state index is 12.8. The Labute approximate surface area is 152 Å². The highest BCUT2D eigenvalue weighted by molar-refractivity contribution is 5.93. The highest BCUT2D eigenvalue weighted by Crippen LogP contribution is 2.66. The van der Waals surface area contributed by atoms with E-state index in [-0.39, 0.29) is 0 Å². The Bertz CT molecular complexity index is 876. The second-order valence-electron chi connectivity index (χ2n) is 7.10. The lowest BCUT2D eigenvalue weighted by molar-refractivity contribution is -0.129. The lowest BCUT2D eigenvalue weighted by atomic mass is 9.45. The maximum Gasteiger partial charge on any atom is 0.245 e. The fourth-order valence-corrected chi connectivity index (χ4v) is 4.81. The van der Waals surface area contributed by atoms with Crippen LogP contribution >= 0.6 is 0 Å². The van der Waals surface area contributed by atoms with Crippen LogP contribution in [0.3, 0.4) is 0 Å². The normalized spacial score (nSPS) is 37.0. The van der Waals surface area contributed by atoms with Crippen molar-refractivity contribution in [2.45, 2.75) is 25.4 Å². The van der Waals surface area contributed by atoms with Crippen LogP contribution in [0.5, 0.6) is 5.75 Å². The zero-order valence-electron chi connectivity index (χ0n) is 14.8. The smallest absolute Gasteiger partial charge is 0.245 e. The average Bonchev–Trinajstić information content (AvgIpc) is 2.83. The highest BCUT2D eigenvalue weighted by Gasteiger charge is 2.79. The second kappa shape index (κ2) is 5.46. The number of hydrogen-bond acceptors (Lipinski definition) is 6. The first-order chi connectivity index (χ1) is 12.3. The molecule has 1 aromatic rings. The van der Waals surface area contributed by atoms with E-state index in [0.717, 1.165) is 0 Å². The van der Waals surface area contributed by atoms with Gasteiger partial charge in [0, 0.05) is 17.8 Å². The maximum atomic E-state index is 12.8. The minimum atomic E-state index is -1.86. The van der Waals surface area contributed by atoms with Gasteiger partial charge in [0.25, 0.3) is 0 Å². The van der Waals surface area contributed by atoms with Gasteiger partial charge in [-0.15, -0.1) is 0 Å². The molecule has 7 heteroatoms. The van der Waals surface area contributed by atoms with Crippen molar-refractivity contribution in [3.8, 4) is 24.0 Å². The van der Waals surface area contributed by atoms with Gasteiger partial charge in [0.2, 0.25) is 5.91 Å². The number of rotatable bonds is 2. The van der Waals surface area contributed by atoms with E-state index in [1.165, 1.54) is 7.11 Å². The summed E-state index contributed by atoms with van der Waals surface area (Å²) in [5, 5.41) is 32.8. The van der Waals surface area contributed by atoms with Gasteiger partial charge < -0.3 is 15.8 Å². The molecule has 26 heavy (non-hydrogen) atoms. The van der Waals surface area contributed by atoms with Crippen molar-refractivity contribution in [3.63, 3.8) is 0 Å². The number of nitrogens with one attached hydrogen (secondary N) is 1. The number of benzene rings is 1. The average molecular weight is 349 g/mol. The molecule has 5 atom stereocenters. The van der Waals surface area contributed by atoms with Gasteiger partial charge in [0.1, 0.15) is 5.75 Å². The number of carbonyl (C=O) groups excluding carboxylic acids is 1. The standard InChI is InChI=1S/C19H19N5O2/c1-11-15(13-4-6-14(26-3)7-5-13)17(8-20,9-21)18(10-22)12(2)19(11,23)24-16(18)25/h4-7,11-12,15H,23H2,1-3H3,(H,24,25). The quantitative estimate of drug-likeness (QED) is 0.828. The zero-order valence-corrected chi connectivity index (χ0v) is 14.8. The second-order valence-corrected chi connectivity index (χ2v) is 7.10. The molecule has 132 valence electrons. The van der Waals surface area contributed by atoms with Crippen LogP contribution in [0.2, 0.25) is 0 Å². The molecule has 3 N–H and O–H groups in total. The summed E-state index contributed by atoms with van der Waals surface area (Å²) in [5.74, 6) is -1.89. The van der Waals surface area contributed by atoms with E-state index >= 15 is 0 Å². The Morgan fingerprint density at radius 3 is 2.15 bits per heavy atom. The van der Waals surface area contributed by atoms with E-state index in [0.29, 0.717) is 11.3 Å². The summed E-state index contributed by atoms with van der Waals surface area (Å²) in [5.41, 5.74) is 2.30. The molecule has 1 amide bonds. The van der Waals surface area contributed by atoms with Gasteiger partial charge in [0.05, 0.1) is 31.0 Å². The summed E-state index contributed by atoms with van der Waals surface area (Å²) < 4.78 is 5.16. The topological polar surface area (TPSA) is 136 Å². The lowest BCUT2D eigenvalue weighted by Crippen LogP contribution is -2.66. The molecule has 3 rings (SSSR count). The molecule has 2 aliphatic rings. The molecule has 0 radical (unpaired) electrons. The lowest BCUT2D eigenvalue weighted by Gasteiger charge is -2.52. The van der Waals surface area contributed by atoms with Gasteiger partial charge in [-0.2, -0.15) is 15.8 Å². The van der Waals surface area contributed by atoms with Crippen LogP contribution in [0.4, 0.5) is 0 Å². The third-order valence-corrected chi connectivity index (χ3v) is 6.40. The van der Waals surface area contributed by atoms with E-state index in [2.05, 4.69) is 5.32 Å². The number of methoxy groups -OCH3 is 1. The molecular formula is C19H19N5O2. The van der Waals surface area contributed by atoms with Crippen LogP contribution in [0.1, 0.15) is 25.3 Å². The number of hydrogen-bond donors (Lipinski definition) is 2. The van der Waals surface area contributed by atoms with Gasteiger partial charge in [-0.3, -0.25) is 4.79 Å². The molecule has 5 unspecified atom stereocenters. The van der Waals surface area contributed by atoms with Crippen molar-refractivity contribution >= 4 is 5.91 Å². The molecular weight excluding hydrogens is 330 g/mol. The van der Waals surface area contributed by atoms with Crippen molar-refractivity contribution in [3.05, 3.63) is 29.8 Å². The molecule has 7 nitrogen and oxygen atoms in total. The fourth-order valence-electron chi connectivity index (χ4n) is 4.81. The van der Waals surface area contributed by atoms with E-state index in [1.54, 1.807) is 31.2 Å². The Balaban J connectivity index is 2.33.